The average Bonchev–Trinajstić information content (AvgIpc) is 2.85. The third kappa shape index (κ3) is 2.76. The van der Waals surface area contributed by atoms with Crippen molar-refractivity contribution >= 4 is 16.7 Å². The largest absolute Gasteiger partial charge is 0.494 e. The van der Waals surface area contributed by atoms with Crippen molar-refractivity contribution in [3.8, 4) is 11.8 Å². The second kappa shape index (κ2) is 6.68. The van der Waals surface area contributed by atoms with Gasteiger partial charge in [-0.25, -0.2) is 4.79 Å². The van der Waals surface area contributed by atoms with Gasteiger partial charge in [-0.05, 0) is 25.1 Å². The molecule has 1 aromatic heterocycles. The second-order valence-corrected chi connectivity index (χ2v) is 6.01. The first-order valence-electron chi connectivity index (χ1n) is 8.07. The maximum absolute atomic E-state index is 12.0. The summed E-state index contributed by atoms with van der Waals surface area (Å²) in [6.45, 7) is 1.73. The maximum atomic E-state index is 12.0. The molecule has 3 rings (SSSR count). The Morgan fingerprint density at radius 3 is 2.38 bits per heavy atom. The molecule has 3 atom stereocenters. The summed E-state index contributed by atoms with van der Waals surface area (Å²) in [5, 5.41) is 43.4. The van der Waals surface area contributed by atoms with Crippen molar-refractivity contribution < 1.29 is 29.8 Å². The highest BCUT2D eigenvalue weighted by atomic mass is 16.6. The smallest absolute Gasteiger partial charge is 0.333 e. The van der Waals surface area contributed by atoms with E-state index in [2.05, 4.69) is 0 Å². The maximum Gasteiger partial charge on any atom is 0.333 e. The van der Waals surface area contributed by atoms with Crippen molar-refractivity contribution in [1.29, 1.82) is 0 Å². The van der Waals surface area contributed by atoms with Gasteiger partial charge in [-0.1, -0.05) is 12.1 Å². The van der Waals surface area contributed by atoms with E-state index in [0.29, 0.717) is 10.8 Å². The number of hydrogen-bond acceptors (Lipinski definition) is 7. The Hall–Kier alpha value is -3.07. The van der Waals surface area contributed by atoms with Gasteiger partial charge in [-0.3, -0.25) is 14.7 Å². The van der Waals surface area contributed by atoms with Gasteiger partial charge in [0.25, 0.3) is 6.04 Å². The molecule has 0 fully saturated rings. The van der Waals surface area contributed by atoms with Gasteiger partial charge in [0.05, 0.1) is 6.61 Å². The third-order valence-electron chi connectivity index (χ3n) is 4.52. The molecule has 0 radical (unpaired) electrons. The van der Waals surface area contributed by atoms with E-state index in [1.165, 1.54) is 0 Å². The SMILES string of the molecule is CCOC(=O)C1=C[C@@H](O)[C@H]([N+](=O)[O-])[C@@H](n2c(O)c3ccccc3c2O)C1. The Balaban J connectivity index is 2.14. The van der Waals surface area contributed by atoms with Gasteiger partial charge in [0.1, 0.15) is 12.1 Å². The number of fused-ring (bicyclic) bond motifs is 1. The van der Waals surface area contributed by atoms with E-state index in [1.54, 1.807) is 31.2 Å². The summed E-state index contributed by atoms with van der Waals surface area (Å²) in [6.07, 6.45) is -0.657. The van der Waals surface area contributed by atoms with Crippen LogP contribution in [0.1, 0.15) is 19.4 Å². The molecule has 1 aliphatic carbocycles. The topological polar surface area (TPSA) is 135 Å². The molecule has 3 N–H and O–H groups in total. The van der Waals surface area contributed by atoms with Crippen molar-refractivity contribution in [1.82, 2.24) is 4.57 Å². The molecule has 0 bridgehead atoms. The molecule has 1 heterocycles. The van der Waals surface area contributed by atoms with Crippen molar-refractivity contribution in [3.63, 3.8) is 0 Å². The zero-order valence-corrected chi connectivity index (χ0v) is 13.9. The molecule has 0 amide bonds. The molecule has 26 heavy (non-hydrogen) atoms. The van der Waals surface area contributed by atoms with Gasteiger partial charge in [-0.15, -0.1) is 0 Å². The summed E-state index contributed by atoms with van der Waals surface area (Å²) in [6, 6.07) is 3.70. The number of carbonyl (C=O) groups excluding carboxylic acids is 1. The molecule has 0 spiro atoms. The van der Waals surface area contributed by atoms with Crippen LogP contribution in [0.3, 0.4) is 0 Å². The number of esters is 1. The number of aromatic hydroxyl groups is 2. The number of ether oxygens (including phenoxy) is 1. The van der Waals surface area contributed by atoms with E-state index < -0.39 is 29.1 Å². The second-order valence-electron chi connectivity index (χ2n) is 6.01. The standard InChI is InChI=1S/C17H18N2O7/c1-2-26-17(23)9-7-12(14(19(24)25)13(20)8-9)18-15(21)10-5-3-4-6-11(10)16(18)22/h3-6,8,12-14,20-22H,2,7H2,1H3/t12-,13+,14+/m0/s1. The minimum Gasteiger partial charge on any atom is -0.494 e. The highest BCUT2D eigenvalue weighted by Gasteiger charge is 2.45. The van der Waals surface area contributed by atoms with E-state index in [9.17, 15) is 30.2 Å². The Morgan fingerprint density at radius 1 is 1.31 bits per heavy atom. The van der Waals surface area contributed by atoms with E-state index in [0.717, 1.165) is 10.6 Å². The summed E-state index contributed by atoms with van der Waals surface area (Å²) in [5.74, 6) is -1.44. The molecular weight excluding hydrogens is 344 g/mol. The molecule has 1 aliphatic rings. The first kappa shape index (κ1) is 17.7. The fourth-order valence-electron chi connectivity index (χ4n) is 3.38. The number of carbonyl (C=O) groups is 1. The number of benzene rings is 1. The monoisotopic (exact) mass is 362 g/mol. The number of aliphatic hydroxyl groups excluding tert-OH is 1. The van der Waals surface area contributed by atoms with Crippen molar-refractivity contribution in [3.05, 3.63) is 46.0 Å². The van der Waals surface area contributed by atoms with Crippen LogP contribution in [0, 0.1) is 10.1 Å². The number of rotatable bonds is 4. The Kier molecular flexibility index (Phi) is 4.56. The summed E-state index contributed by atoms with van der Waals surface area (Å²) >= 11 is 0. The summed E-state index contributed by atoms with van der Waals surface area (Å²) in [5.41, 5.74) is 0.0546. The zero-order valence-electron chi connectivity index (χ0n) is 13.9. The first-order chi connectivity index (χ1) is 12.4. The average molecular weight is 362 g/mol. The molecular formula is C17H18N2O7. The van der Waals surface area contributed by atoms with E-state index in [1.807, 2.05) is 0 Å². The summed E-state index contributed by atoms with van der Waals surface area (Å²) in [4.78, 5) is 22.9. The van der Waals surface area contributed by atoms with Crippen LogP contribution in [0.25, 0.3) is 10.8 Å². The molecule has 0 saturated heterocycles. The number of hydrogen-bond donors (Lipinski definition) is 3. The van der Waals surface area contributed by atoms with E-state index in [-0.39, 0.29) is 30.4 Å². The van der Waals surface area contributed by atoms with Crippen LogP contribution < -0.4 is 0 Å². The van der Waals surface area contributed by atoms with Crippen molar-refractivity contribution in [2.75, 3.05) is 6.61 Å². The lowest BCUT2D eigenvalue weighted by Gasteiger charge is -2.30. The van der Waals surface area contributed by atoms with Gasteiger partial charge in [0, 0.05) is 27.7 Å². The van der Waals surface area contributed by atoms with Gasteiger partial charge in [-0.2, -0.15) is 0 Å². The fourth-order valence-corrected chi connectivity index (χ4v) is 3.38. The third-order valence-corrected chi connectivity index (χ3v) is 4.52. The lowest BCUT2D eigenvalue weighted by atomic mass is 9.88. The molecule has 138 valence electrons. The molecule has 2 aromatic rings. The number of aromatic nitrogens is 1. The van der Waals surface area contributed by atoms with Gasteiger partial charge in [0.15, 0.2) is 0 Å². The van der Waals surface area contributed by atoms with Crippen LogP contribution >= 0.6 is 0 Å². The number of nitro groups is 1. The Morgan fingerprint density at radius 2 is 1.88 bits per heavy atom. The molecule has 9 heteroatoms. The molecule has 0 saturated carbocycles. The van der Waals surface area contributed by atoms with Gasteiger partial charge >= 0.3 is 5.97 Å². The van der Waals surface area contributed by atoms with Crippen molar-refractivity contribution in [2.24, 2.45) is 0 Å². The predicted molar refractivity (Wildman–Crippen MR) is 90.4 cm³/mol. The molecule has 0 aliphatic heterocycles. The normalized spacial score (nSPS) is 22.8. The summed E-state index contributed by atoms with van der Waals surface area (Å²) < 4.78 is 5.90. The number of nitrogens with zero attached hydrogens (tertiary/aromatic N) is 2. The van der Waals surface area contributed by atoms with Crippen LogP contribution in [0.2, 0.25) is 0 Å². The molecule has 1 aromatic carbocycles. The zero-order chi connectivity index (χ0) is 19.0. The lowest BCUT2D eigenvalue weighted by Crippen LogP contribution is -2.44. The fraction of sp³-hybridized carbons (Fsp3) is 0.353. The minimum atomic E-state index is -1.58. The highest BCUT2D eigenvalue weighted by molar-refractivity contribution is 5.93. The lowest BCUT2D eigenvalue weighted by molar-refractivity contribution is -0.540. The van der Waals surface area contributed by atoms with Crippen LogP contribution in [0.15, 0.2) is 35.9 Å². The Labute approximate surface area is 147 Å². The van der Waals surface area contributed by atoms with Crippen LogP contribution in [-0.4, -0.2) is 49.5 Å². The predicted octanol–water partition coefficient (Wildman–Crippen LogP) is 1.49. The van der Waals surface area contributed by atoms with Crippen LogP contribution in [-0.2, 0) is 9.53 Å². The molecule has 9 nitrogen and oxygen atoms in total. The van der Waals surface area contributed by atoms with Crippen LogP contribution in [0.4, 0.5) is 0 Å². The highest BCUT2D eigenvalue weighted by Crippen LogP contribution is 2.43. The van der Waals surface area contributed by atoms with E-state index >= 15 is 0 Å². The van der Waals surface area contributed by atoms with E-state index in [4.69, 9.17) is 4.74 Å². The quantitative estimate of drug-likeness (QED) is 0.426. The number of aliphatic hydroxyl groups is 1. The summed E-state index contributed by atoms with van der Waals surface area (Å²) in [7, 11) is 0. The van der Waals surface area contributed by atoms with Crippen LogP contribution in [0.5, 0.6) is 11.8 Å². The van der Waals surface area contributed by atoms with Gasteiger partial charge < -0.3 is 20.1 Å². The van der Waals surface area contributed by atoms with Crippen molar-refractivity contribution in [2.45, 2.75) is 31.5 Å². The minimum absolute atomic E-state index is 0.0546. The Bertz CT molecular complexity index is 863. The molecule has 0 unspecified atom stereocenters. The van der Waals surface area contributed by atoms with Gasteiger partial charge in [0.2, 0.25) is 11.8 Å². The first-order valence-corrected chi connectivity index (χ1v) is 8.07.